The van der Waals surface area contributed by atoms with Crippen LogP contribution in [0.1, 0.15) is 53.0 Å². The van der Waals surface area contributed by atoms with Gasteiger partial charge in [-0.1, -0.05) is 52.8 Å². The van der Waals surface area contributed by atoms with Crippen LogP contribution >= 0.6 is 0 Å². The lowest BCUT2D eigenvalue weighted by atomic mass is 10.0. The van der Waals surface area contributed by atoms with Crippen LogP contribution in [0, 0.1) is 0 Å². The Balaban J connectivity index is 0. The number of hydrogen-bond donors (Lipinski definition) is 2. The van der Waals surface area contributed by atoms with Crippen molar-refractivity contribution in [2.75, 3.05) is 18.9 Å². The summed E-state index contributed by atoms with van der Waals surface area (Å²) in [6.07, 6.45) is 0. The minimum Gasteiger partial charge on any atom is -0.384 e. The van der Waals surface area contributed by atoms with Gasteiger partial charge in [0.05, 0.1) is 0 Å². The van der Waals surface area contributed by atoms with Crippen LogP contribution in [0.4, 0.5) is 5.69 Å². The summed E-state index contributed by atoms with van der Waals surface area (Å²) in [7, 11) is 1.60. The zero-order valence-electron chi connectivity index (χ0n) is 13.5. The Hall–Kier alpha value is -1.51. The van der Waals surface area contributed by atoms with E-state index in [4.69, 9.17) is 0 Å². The van der Waals surface area contributed by atoms with E-state index in [1.807, 2.05) is 27.7 Å². The lowest BCUT2D eigenvalue weighted by Gasteiger charge is -1.98. The van der Waals surface area contributed by atoms with Gasteiger partial charge in [-0.15, -0.1) is 0 Å². The maximum absolute atomic E-state index is 9.70. The van der Waals surface area contributed by atoms with Gasteiger partial charge in [0.15, 0.2) is 0 Å². The van der Waals surface area contributed by atoms with Crippen molar-refractivity contribution in [3.05, 3.63) is 29.8 Å². The van der Waals surface area contributed by atoms with Gasteiger partial charge in [-0.05, 0) is 11.6 Å². The van der Waals surface area contributed by atoms with Crippen molar-refractivity contribution in [3.63, 3.8) is 0 Å². The van der Waals surface area contributed by atoms with Crippen molar-refractivity contribution < 1.29 is 4.79 Å². The molecule has 1 aromatic rings. The fourth-order valence-electron chi connectivity index (χ4n) is 1.46. The fourth-order valence-corrected chi connectivity index (χ4v) is 1.46. The maximum atomic E-state index is 9.70. The highest BCUT2D eigenvalue weighted by atomic mass is 16.1. The smallest absolute Gasteiger partial charge is 0.216 e. The number of carbonyl (C=O) groups excluding carboxylic acids is 1. The highest BCUT2D eigenvalue weighted by molar-refractivity contribution is 5.72. The number of benzene rings is 1. The molecule has 1 aliphatic heterocycles. The van der Waals surface area contributed by atoms with Gasteiger partial charge < -0.3 is 10.6 Å². The van der Waals surface area contributed by atoms with E-state index in [2.05, 4.69) is 41.8 Å². The summed E-state index contributed by atoms with van der Waals surface area (Å²) < 4.78 is 0. The molecule has 3 nitrogen and oxygen atoms in total. The predicted octanol–water partition coefficient (Wildman–Crippen LogP) is 4.02. The predicted molar refractivity (Wildman–Crippen MR) is 85.8 cm³/mol. The monoisotopic (exact) mass is 266 g/mol. The molecule has 1 atom stereocenters. The standard InChI is InChI=1S/C9H11N.C3H7NO.2C2H6/c1-7-6-10-9-5-3-2-4-8(7)9;1-3(5)4-2;2*1-2/h2-5,7,10H,6H2,1H3;1-2H3,(H,4,5);2*1-2H3. The van der Waals surface area contributed by atoms with E-state index in [0.29, 0.717) is 5.92 Å². The molecule has 1 aliphatic rings. The summed E-state index contributed by atoms with van der Waals surface area (Å²) in [6.45, 7) is 12.8. The van der Waals surface area contributed by atoms with Crippen molar-refractivity contribution in [2.45, 2.75) is 47.5 Å². The Bertz CT molecular complexity index is 337. The van der Waals surface area contributed by atoms with Crippen LogP contribution in [0.15, 0.2) is 24.3 Å². The first-order valence-electron chi connectivity index (χ1n) is 7.16. The molecule has 0 aromatic heterocycles. The Morgan fingerprint density at radius 1 is 1.21 bits per heavy atom. The van der Waals surface area contributed by atoms with Gasteiger partial charge in [0.1, 0.15) is 0 Å². The van der Waals surface area contributed by atoms with Crippen LogP contribution in [-0.4, -0.2) is 19.5 Å². The highest BCUT2D eigenvalue weighted by Gasteiger charge is 2.15. The van der Waals surface area contributed by atoms with E-state index in [9.17, 15) is 4.79 Å². The molecule has 2 rings (SSSR count). The molecule has 1 unspecified atom stereocenters. The Labute approximate surface area is 118 Å². The van der Waals surface area contributed by atoms with E-state index >= 15 is 0 Å². The van der Waals surface area contributed by atoms with Gasteiger partial charge >= 0.3 is 0 Å². The molecule has 0 saturated carbocycles. The Kier molecular flexibility index (Phi) is 13.5. The van der Waals surface area contributed by atoms with E-state index in [-0.39, 0.29) is 5.91 Å². The van der Waals surface area contributed by atoms with Gasteiger partial charge in [0, 0.05) is 32.1 Å². The largest absolute Gasteiger partial charge is 0.384 e. The van der Waals surface area contributed by atoms with Crippen molar-refractivity contribution in [1.82, 2.24) is 5.32 Å². The van der Waals surface area contributed by atoms with Gasteiger partial charge in [-0.2, -0.15) is 0 Å². The van der Waals surface area contributed by atoms with E-state index < -0.39 is 0 Å². The number of para-hydroxylation sites is 1. The first-order valence-corrected chi connectivity index (χ1v) is 7.16. The topological polar surface area (TPSA) is 41.1 Å². The maximum Gasteiger partial charge on any atom is 0.216 e. The van der Waals surface area contributed by atoms with Crippen molar-refractivity contribution >= 4 is 11.6 Å². The first kappa shape index (κ1) is 19.8. The lowest BCUT2D eigenvalue weighted by Crippen LogP contribution is -2.11. The Morgan fingerprint density at radius 3 is 2.11 bits per heavy atom. The second kappa shape index (κ2) is 12.9. The van der Waals surface area contributed by atoms with Crippen LogP contribution in [0.2, 0.25) is 0 Å². The average molecular weight is 266 g/mol. The molecule has 0 spiro atoms. The van der Waals surface area contributed by atoms with Crippen LogP contribution in [-0.2, 0) is 4.79 Å². The summed E-state index contributed by atoms with van der Waals surface area (Å²) in [5.41, 5.74) is 2.78. The minimum atomic E-state index is 0.00463. The number of carbonyl (C=O) groups is 1. The molecular weight excluding hydrogens is 236 g/mol. The molecule has 2 N–H and O–H groups in total. The normalized spacial score (nSPS) is 13.9. The van der Waals surface area contributed by atoms with Gasteiger partial charge in [0.25, 0.3) is 0 Å². The van der Waals surface area contributed by atoms with Crippen LogP contribution < -0.4 is 10.6 Å². The van der Waals surface area contributed by atoms with E-state index in [0.717, 1.165) is 6.54 Å². The summed E-state index contributed by atoms with van der Waals surface area (Å²) in [5, 5.41) is 5.74. The molecule has 3 heteroatoms. The van der Waals surface area contributed by atoms with Crippen LogP contribution in [0.25, 0.3) is 0 Å². The number of hydrogen-bond acceptors (Lipinski definition) is 2. The zero-order chi connectivity index (χ0) is 15.3. The highest BCUT2D eigenvalue weighted by Crippen LogP contribution is 2.29. The third kappa shape index (κ3) is 8.25. The van der Waals surface area contributed by atoms with Gasteiger partial charge in [-0.25, -0.2) is 0 Å². The molecule has 1 aromatic carbocycles. The zero-order valence-corrected chi connectivity index (χ0v) is 13.5. The molecular formula is C16H30N2O. The second-order valence-corrected chi connectivity index (χ2v) is 3.68. The third-order valence-electron chi connectivity index (χ3n) is 2.44. The molecule has 0 radical (unpaired) electrons. The number of amides is 1. The molecule has 0 bridgehead atoms. The van der Waals surface area contributed by atoms with Crippen molar-refractivity contribution in [2.24, 2.45) is 0 Å². The summed E-state index contributed by atoms with van der Waals surface area (Å²) in [4.78, 5) is 9.70. The summed E-state index contributed by atoms with van der Waals surface area (Å²) in [6, 6.07) is 8.50. The molecule has 0 aliphatic carbocycles. The third-order valence-corrected chi connectivity index (χ3v) is 2.44. The first-order chi connectivity index (χ1) is 9.15. The number of fused-ring (bicyclic) bond motifs is 1. The van der Waals surface area contributed by atoms with Gasteiger partial charge in [0.2, 0.25) is 5.91 Å². The number of anilines is 1. The van der Waals surface area contributed by atoms with Crippen molar-refractivity contribution in [3.8, 4) is 0 Å². The molecule has 110 valence electrons. The fraction of sp³-hybridized carbons (Fsp3) is 0.562. The quantitative estimate of drug-likeness (QED) is 0.744. The molecule has 1 heterocycles. The molecule has 0 fully saturated rings. The van der Waals surface area contributed by atoms with Gasteiger partial charge in [-0.3, -0.25) is 4.79 Å². The number of rotatable bonds is 0. The van der Waals surface area contributed by atoms with Crippen LogP contribution in [0.5, 0.6) is 0 Å². The summed E-state index contributed by atoms with van der Waals surface area (Å²) >= 11 is 0. The molecule has 1 amide bonds. The SMILES string of the molecule is CC.CC.CC1CNc2ccccc21.CNC(C)=O. The lowest BCUT2D eigenvalue weighted by molar-refractivity contribution is -0.118. The molecule has 19 heavy (non-hydrogen) atoms. The summed E-state index contributed by atoms with van der Waals surface area (Å²) in [5.74, 6) is 0.696. The Morgan fingerprint density at radius 2 is 1.68 bits per heavy atom. The second-order valence-electron chi connectivity index (χ2n) is 3.68. The number of nitrogens with one attached hydrogen (secondary N) is 2. The minimum absolute atomic E-state index is 0.00463. The van der Waals surface area contributed by atoms with Crippen LogP contribution in [0.3, 0.4) is 0 Å². The van der Waals surface area contributed by atoms with E-state index in [1.54, 1.807) is 7.05 Å². The average Bonchev–Trinajstić information content (AvgIpc) is 2.86. The molecule has 0 saturated heterocycles. The van der Waals surface area contributed by atoms with E-state index in [1.165, 1.54) is 18.2 Å². The van der Waals surface area contributed by atoms with Crippen molar-refractivity contribution in [1.29, 1.82) is 0 Å².